The Balaban J connectivity index is 1.52. The van der Waals surface area contributed by atoms with Crippen molar-refractivity contribution in [2.24, 2.45) is 52.3 Å². The standard InChI is InChI=1S/C29H48O/c1-18(2)19(3)8-9-20(4)23-12-13-25-22-10-11-24-21(5)27(30)15-17-29(24,7)26(22)14-16-28(23,25)6/h10,18,20-21,23-27,30H,3,8-9,11-17H2,1-2,4-7H3/t20-,21+,23-,24+,25?,26+,27+,28-,29+/m1/s1. The van der Waals surface area contributed by atoms with Gasteiger partial charge in [0.2, 0.25) is 0 Å². The zero-order valence-electron chi connectivity index (χ0n) is 20.7. The molecule has 0 aromatic carbocycles. The fourth-order valence-electron chi connectivity index (χ4n) is 8.82. The number of fused-ring (bicyclic) bond motifs is 5. The molecule has 0 heterocycles. The molecule has 30 heavy (non-hydrogen) atoms. The van der Waals surface area contributed by atoms with E-state index in [0.29, 0.717) is 28.6 Å². The quantitative estimate of drug-likeness (QED) is 0.457. The highest BCUT2D eigenvalue weighted by Crippen LogP contribution is 2.67. The summed E-state index contributed by atoms with van der Waals surface area (Å²) in [5.74, 6) is 5.04. The molecule has 0 aromatic heterocycles. The molecule has 0 bridgehead atoms. The summed E-state index contributed by atoms with van der Waals surface area (Å²) >= 11 is 0. The summed E-state index contributed by atoms with van der Waals surface area (Å²) in [4.78, 5) is 0. The largest absolute Gasteiger partial charge is 0.393 e. The molecule has 1 unspecified atom stereocenters. The highest BCUT2D eigenvalue weighted by atomic mass is 16.3. The summed E-state index contributed by atoms with van der Waals surface area (Å²) in [7, 11) is 0. The van der Waals surface area contributed by atoms with Crippen LogP contribution in [-0.4, -0.2) is 11.2 Å². The molecule has 4 aliphatic rings. The molecule has 170 valence electrons. The molecule has 0 aliphatic heterocycles. The second-order valence-electron chi connectivity index (χ2n) is 12.7. The average Bonchev–Trinajstić information content (AvgIpc) is 3.06. The molecule has 1 N–H and O–H groups in total. The molecule has 3 fully saturated rings. The van der Waals surface area contributed by atoms with Crippen molar-refractivity contribution >= 4 is 0 Å². The van der Waals surface area contributed by atoms with E-state index in [0.717, 1.165) is 30.1 Å². The molecule has 0 aromatic rings. The number of aliphatic hydroxyl groups excluding tert-OH is 1. The monoisotopic (exact) mass is 412 g/mol. The summed E-state index contributed by atoms with van der Waals surface area (Å²) in [5, 5.41) is 10.5. The third kappa shape index (κ3) is 3.46. The lowest BCUT2D eigenvalue weighted by molar-refractivity contribution is -0.0773. The van der Waals surface area contributed by atoms with Crippen LogP contribution in [0.2, 0.25) is 0 Å². The van der Waals surface area contributed by atoms with Gasteiger partial charge in [-0.25, -0.2) is 0 Å². The van der Waals surface area contributed by atoms with Crippen molar-refractivity contribution in [3.8, 4) is 0 Å². The zero-order valence-corrected chi connectivity index (χ0v) is 20.7. The first-order valence-electron chi connectivity index (χ1n) is 13.1. The predicted octanol–water partition coefficient (Wildman–Crippen LogP) is 7.80. The van der Waals surface area contributed by atoms with Crippen molar-refractivity contribution in [2.45, 2.75) is 105 Å². The van der Waals surface area contributed by atoms with E-state index in [1.807, 2.05) is 5.57 Å². The van der Waals surface area contributed by atoms with Crippen LogP contribution in [0.3, 0.4) is 0 Å². The molecule has 1 nitrogen and oxygen atoms in total. The van der Waals surface area contributed by atoms with Gasteiger partial charge in [-0.15, -0.1) is 0 Å². The van der Waals surface area contributed by atoms with E-state index in [-0.39, 0.29) is 6.10 Å². The van der Waals surface area contributed by atoms with Crippen LogP contribution in [0, 0.1) is 52.3 Å². The summed E-state index contributed by atoms with van der Waals surface area (Å²) in [6, 6.07) is 0. The maximum Gasteiger partial charge on any atom is 0.0568 e. The fraction of sp³-hybridized carbons (Fsp3) is 0.862. The number of hydrogen-bond donors (Lipinski definition) is 1. The minimum atomic E-state index is -0.0795. The van der Waals surface area contributed by atoms with Crippen molar-refractivity contribution in [3.63, 3.8) is 0 Å². The molecule has 0 amide bonds. The van der Waals surface area contributed by atoms with Crippen LogP contribution in [0.25, 0.3) is 0 Å². The topological polar surface area (TPSA) is 20.2 Å². The van der Waals surface area contributed by atoms with Crippen molar-refractivity contribution in [2.75, 3.05) is 0 Å². The predicted molar refractivity (Wildman–Crippen MR) is 128 cm³/mol. The van der Waals surface area contributed by atoms with Gasteiger partial charge < -0.3 is 5.11 Å². The van der Waals surface area contributed by atoms with Crippen molar-refractivity contribution in [3.05, 3.63) is 23.8 Å². The Morgan fingerprint density at radius 3 is 2.43 bits per heavy atom. The van der Waals surface area contributed by atoms with Gasteiger partial charge in [0.05, 0.1) is 6.10 Å². The molecule has 1 heteroatoms. The fourth-order valence-corrected chi connectivity index (χ4v) is 8.82. The van der Waals surface area contributed by atoms with Crippen molar-refractivity contribution in [1.82, 2.24) is 0 Å². The molecular formula is C29H48O. The molecule has 4 aliphatic carbocycles. The summed E-state index contributed by atoms with van der Waals surface area (Å²) in [6.45, 7) is 19.0. The Kier molecular flexibility index (Phi) is 6.10. The first-order chi connectivity index (χ1) is 14.1. The first-order valence-corrected chi connectivity index (χ1v) is 13.1. The van der Waals surface area contributed by atoms with Crippen LogP contribution >= 0.6 is 0 Å². The minimum Gasteiger partial charge on any atom is -0.393 e. The van der Waals surface area contributed by atoms with E-state index < -0.39 is 0 Å². The number of rotatable bonds is 5. The van der Waals surface area contributed by atoms with Gasteiger partial charge in [0.25, 0.3) is 0 Å². The van der Waals surface area contributed by atoms with Gasteiger partial charge in [-0.2, -0.15) is 0 Å². The van der Waals surface area contributed by atoms with Crippen LogP contribution in [0.15, 0.2) is 23.8 Å². The zero-order chi connectivity index (χ0) is 21.8. The molecule has 0 radical (unpaired) electrons. The Bertz CT molecular complexity index is 688. The maximum absolute atomic E-state index is 10.5. The number of aliphatic hydroxyl groups is 1. The molecule has 9 atom stereocenters. The van der Waals surface area contributed by atoms with E-state index in [1.165, 1.54) is 56.9 Å². The van der Waals surface area contributed by atoms with E-state index in [1.54, 1.807) is 0 Å². The van der Waals surface area contributed by atoms with Crippen LogP contribution in [0.1, 0.15) is 99.3 Å². The van der Waals surface area contributed by atoms with Crippen LogP contribution in [0.5, 0.6) is 0 Å². The Hall–Kier alpha value is -0.560. The van der Waals surface area contributed by atoms with Crippen molar-refractivity contribution < 1.29 is 5.11 Å². The lowest BCUT2D eigenvalue weighted by Crippen LogP contribution is -2.52. The van der Waals surface area contributed by atoms with Gasteiger partial charge in [0.15, 0.2) is 0 Å². The molecule has 0 saturated heterocycles. The van der Waals surface area contributed by atoms with Gasteiger partial charge in [-0.1, -0.05) is 65.3 Å². The normalized spacial score (nSPS) is 46.6. The van der Waals surface area contributed by atoms with Gasteiger partial charge in [0, 0.05) is 0 Å². The van der Waals surface area contributed by atoms with E-state index in [4.69, 9.17) is 0 Å². The van der Waals surface area contributed by atoms with Crippen molar-refractivity contribution in [1.29, 1.82) is 0 Å². The summed E-state index contributed by atoms with van der Waals surface area (Å²) < 4.78 is 0. The van der Waals surface area contributed by atoms with E-state index in [2.05, 4.69) is 54.2 Å². The second-order valence-corrected chi connectivity index (χ2v) is 12.7. The van der Waals surface area contributed by atoms with E-state index in [9.17, 15) is 5.11 Å². The van der Waals surface area contributed by atoms with Crippen LogP contribution < -0.4 is 0 Å². The molecule has 3 saturated carbocycles. The lowest BCUT2D eigenvalue weighted by Gasteiger charge is -2.59. The third-order valence-corrected chi connectivity index (χ3v) is 11.1. The highest BCUT2D eigenvalue weighted by molar-refractivity contribution is 5.28. The van der Waals surface area contributed by atoms with E-state index >= 15 is 0 Å². The minimum absolute atomic E-state index is 0.0795. The van der Waals surface area contributed by atoms with Gasteiger partial charge >= 0.3 is 0 Å². The average molecular weight is 413 g/mol. The number of allylic oxidation sites excluding steroid dienone is 3. The molecule has 0 spiro atoms. The lowest BCUT2D eigenvalue weighted by atomic mass is 9.46. The second kappa shape index (κ2) is 8.09. The Morgan fingerprint density at radius 2 is 1.73 bits per heavy atom. The Morgan fingerprint density at radius 1 is 1.07 bits per heavy atom. The van der Waals surface area contributed by atoms with Gasteiger partial charge in [-0.05, 0) is 110 Å². The summed E-state index contributed by atoms with van der Waals surface area (Å²) in [6.07, 6.45) is 14.2. The van der Waals surface area contributed by atoms with Gasteiger partial charge in [0.1, 0.15) is 0 Å². The highest BCUT2D eigenvalue weighted by Gasteiger charge is 2.59. The molecule has 4 rings (SSSR count). The Labute approximate surface area is 186 Å². The summed E-state index contributed by atoms with van der Waals surface area (Å²) in [5.41, 5.74) is 4.22. The SMILES string of the molecule is C=C(CC[C@@H](C)[C@H]1CCC2C3=CC[C@H]4[C@H](C)[C@@H](O)CC[C@]4(C)[C@H]3CC[C@@]21C)C(C)C. The van der Waals surface area contributed by atoms with Gasteiger partial charge in [-0.3, -0.25) is 0 Å². The first kappa shape index (κ1) is 22.6. The van der Waals surface area contributed by atoms with Crippen LogP contribution in [-0.2, 0) is 0 Å². The smallest absolute Gasteiger partial charge is 0.0568 e. The third-order valence-electron chi connectivity index (χ3n) is 11.1. The maximum atomic E-state index is 10.5. The molecular weight excluding hydrogens is 364 g/mol. The number of hydrogen-bond acceptors (Lipinski definition) is 1. The van der Waals surface area contributed by atoms with Crippen LogP contribution in [0.4, 0.5) is 0 Å².